The van der Waals surface area contributed by atoms with E-state index in [1.165, 1.54) is 27.0 Å². The van der Waals surface area contributed by atoms with Gasteiger partial charge in [-0.2, -0.15) is 8.62 Å². The van der Waals surface area contributed by atoms with Crippen molar-refractivity contribution in [3.05, 3.63) is 33.2 Å². The lowest BCUT2D eigenvalue weighted by Crippen LogP contribution is -2.34. The van der Waals surface area contributed by atoms with Crippen molar-refractivity contribution in [3.8, 4) is 11.8 Å². The zero-order valence-corrected chi connectivity index (χ0v) is 20.0. The molecule has 3 unspecified atom stereocenters. The number of pyridine rings is 1. The van der Waals surface area contributed by atoms with E-state index in [9.17, 15) is 33.4 Å². The number of hydrogen-bond acceptors (Lipinski definition) is 10. The standard InChI is InChI=1S/C15H22NO14P3/c1-4-5-10-9(6-8(2)15(18)16-10)13-14(26-3)12(17)11(28-13)7-27-32(22,23)30-33(24,25)29-31(19,20)21/h6,11-14,17H,7H2,1-3H3,(H,16,18)(H,22,23)(H,24,25)(H2,19,20,21)/t11-,12?,13+,14+/m1/s1. The average molecular weight is 533 g/mol. The van der Waals surface area contributed by atoms with Gasteiger partial charge < -0.3 is 39.1 Å². The van der Waals surface area contributed by atoms with Crippen LogP contribution in [0.3, 0.4) is 0 Å². The number of rotatable bonds is 9. The molecule has 6 atom stereocenters. The van der Waals surface area contributed by atoms with Crippen molar-refractivity contribution in [2.24, 2.45) is 0 Å². The molecule has 1 aliphatic heterocycles. The highest BCUT2D eigenvalue weighted by Crippen LogP contribution is 2.66. The lowest BCUT2D eigenvalue weighted by Gasteiger charge is -2.20. The fourth-order valence-corrected chi connectivity index (χ4v) is 6.00. The van der Waals surface area contributed by atoms with E-state index in [0.717, 1.165) is 0 Å². The van der Waals surface area contributed by atoms with Crippen LogP contribution in [0, 0.1) is 18.8 Å². The number of phosphoric ester groups is 1. The van der Waals surface area contributed by atoms with Crippen LogP contribution >= 0.6 is 23.5 Å². The van der Waals surface area contributed by atoms with Crippen molar-refractivity contribution in [1.82, 2.24) is 4.98 Å². The minimum Gasteiger partial charge on any atom is -0.387 e. The minimum absolute atomic E-state index is 0.195. The van der Waals surface area contributed by atoms with E-state index < -0.39 is 60.1 Å². The van der Waals surface area contributed by atoms with Crippen LogP contribution in [0.15, 0.2) is 10.9 Å². The van der Waals surface area contributed by atoms with E-state index >= 15 is 0 Å². The first-order valence-electron chi connectivity index (χ1n) is 8.90. The first kappa shape index (κ1) is 28.0. The number of aliphatic hydroxyl groups is 1. The number of phosphoric acid groups is 3. The second kappa shape index (κ2) is 10.6. The summed E-state index contributed by atoms with van der Waals surface area (Å²) in [5, 5.41) is 10.5. The second-order valence-electron chi connectivity index (χ2n) is 6.66. The highest BCUT2D eigenvalue weighted by Gasteiger charge is 2.47. The largest absolute Gasteiger partial charge is 0.490 e. The van der Waals surface area contributed by atoms with Crippen LogP contribution < -0.4 is 5.56 Å². The van der Waals surface area contributed by atoms with Gasteiger partial charge in [0, 0.05) is 18.2 Å². The number of aryl methyl sites for hydroxylation is 1. The summed E-state index contributed by atoms with van der Waals surface area (Å²) in [5.74, 6) is 5.33. The van der Waals surface area contributed by atoms with Crippen molar-refractivity contribution in [1.29, 1.82) is 0 Å². The van der Waals surface area contributed by atoms with Crippen molar-refractivity contribution < 1.29 is 61.0 Å². The molecular weight excluding hydrogens is 511 g/mol. The summed E-state index contributed by atoms with van der Waals surface area (Å²) >= 11 is 0. The molecule has 0 spiro atoms. The average Bonchev–Trinajstić information content (AvgIpc) is 2.95. The molecule has 0 amide bonds. The molecular formula is C15H22NO14P3. The van der Waals surface area contributed by atoms with Crippen molar-refractivity contribution in [3.63, 3.8) is 0 Å². The van der Waals surface area contributed by atoms with Crippen LogP contribution in [0.25, 0.3) is 0 Å². The predicted octanol–water partition coefficient (Wildman–Crippen LogP) is 0.214. The molecule has 1 aromatic rings. The Morgan fingerprint density at radius 3 is 2.33 bits per heavy atom. The Hall–Kier alpha value is -1.20. The Morgan fingerprint density at radius 2 is 1.79 bits per heavy atom. The lowest BCUT2D eigenvalue weighted by molar-refractivity contribution is -0.0231. The minimum atomic E-state index is -5.69. The van der Waals surface area contributed by atoms with Crippen LogP contribution in [-0.2, 0) is 36.3 Å². The van der Waals surface area contributed by atoms with E-state index in [1.807, 2.05) is 0 Å². The van der Waals surface area contributed by atoms with Crippen molar-refractivity contribution >= 4 is 23.5 Å². The summed E-state index contributed by atoms with van der Waals surface area (Å²) in [7, 11) is -15.4. The van der Waals surface area contributed by atoms with Crippen molar-refractivity contribution in [2.45, 2.75) is 38.3 Å². The van der Waals surface area contributed by atoms with Gasteiger partial charge in [0.2, 0.25) is 0 Å². The Morgan fingerprint density at radius 1 is 1.15 bits per heavy atom. The number of aromatic amines is 1. The quantitative estimate of drug-likeness (QED) is 0.184. The van der Waals surface area contributed by atoms with Gasteiger partial charge >= 0.3 is 23.5 Å². The Kier molecular flexibility index (Phi) is 9.01. The smallest absolute Gasteiger partial charge is 0.387 e. The van der Waals surface area contributed by atoms with E-state index in [2.05, 4.69) is 30.0 Å². The molecule has 15 nitrogen and oxygen atoms in total. The Bertz CT molecular complexity index is 1130. The normalized spacial score (nSPS) is 26.8. The molecule has 1 fully saturated rings. The second-order valence-corrected chi connectivity index (χ2v) is 11.1. The Labute approximate surface area is 187 Å². The summed E-state index contributed by atoms with van der Waals surface area (Å²) < 4.78 is 56.7. The zero-order valence-electron chi connectivity index (χ0n) is 17.3. The molecule has 33 heavy (non-hydrogen) atoms. The number of H-pyrrole nitrogens is 1. The molecule has 186 valence electrons. The monoisotopic (exact) mass is 533 g/mol. The van der Waals surface area contributed by atoms with Gasteiger partial charge in [-0.3, -0.25) is 9.32 Å². The third-order valence-electron chi connectivity index (χ3n) is 4.24. The van der Waals surface area contributed by atoms with Gasteiger partial charge in [0.1, 0.15) is 24.4 Å². The molecule has 0 aromatic carbocycles. The number of aliphatic hydroxyl groups excluding tert-OH is 1. The Balaban J connectivity index is 2.21. The van der Waals surface area contributed by atoms with Gasteiger partial charge in [-0.25, -0.2) is 13.7 Å². The molecule has 18 heteroatoms. The van der Waals surface area contributed by atoms with Gasteiger partial charge in [0.15, 0.2) is 0 Å². The third kappa shape index (κ3) is 7.65. The number of methoxy groups -OCH3 is 1. The molecule has 1 saturated heterocycles. The molecule has 1 aromatic heterocycles. The number of aromatic nitrogens is 1. The summed E-state index contributed by atoms with van der Waals surface area (Å²) in [6, 6.07) is 1.48. The number of hydrogen-bond donors (Lipinski definition) is 6. The SMILES string of the molecule is CC#Cc1[nH]c(=O)c(C)cc1[C@@H]1O[C@H](COP(=O)(O)OP(=O)(O)OP(=O)(O)O)C(O)[C@@H]1OC. The van der Waals surface area contributed by atoms with Crippen LogP contribution in [0.2, 0.25) is 0 Å². The molecule has 0 saturated carbocycles. The van der Waals surface area contributed by atoms with Crippen LogP contribution in [0.1, 0.15) is 29.8 Å². The highest BCUT2D eigenvalue weighted by molar-refractivity contribution is 7.66. The molecule has 0 radical (unpaired) electrons. The summed E-state index contributed by atoms with van der Waals surface area (Å²) in [6.07, 6.45) is -4.82. The first-order valence-corrected chi connectivity index (χ1v) is 13.4. The fourth-order valence-electron chi connectivity index (χ4n) is 2.97. The molecule has 2 rings (SSSR count). The maximum absolute atomic E-state index is 11.9. The molecule has 0 aliphatic carbocycles. The molecule has 2 heterocycles. The van der Waals surface area contributed by atoms with Gasteiger partial charge in [-0.15, -0.1) is 0 Å². The molecule has 1 aliphatic rings. The van der Waals surface area contributed by atoms with E-state index in [-0.39, 0.29) is 5.69 Å². The van der Waals surface area contributed by atoms with Crippen LogP contribution in [0.4, 0.5) is 0 Å². The van der Waals surface area contributed by atoms with Crippen molar-refractivity contribution in [2.75, 3.05) is 13.7 Å². The fraction of sp³-hybridized carbons (Fsp3) is 0.533. The first-order chi connectivity index (χ1) is 15.1. The number of nitrogens with one attached hydrogen (secondary N) is 1. The highest BCUT2D eigenvalue weighted by atomic mass is 31.3. The van der Waals surface area contributed by atoms with Crippen LogP contribution in [-0.4, -0.2) is 61.7 Å². The van der Waals surface area contributed by atoms with E-state index in [0.29, 0.717) is 11.1 Å². The molecule has 0 bridgehead atoms. The maximum atomic E-state index is 11.9. The van der Waals surface area contributed by atoms with E-state index in [1.54, 1.807) is 0 Å². The topological polar surface area (TPSA) is 231 Å². The zero-order chi connectivity index (χ0) is 25.2. The van der Waals surface area contributed by atoms with Gasteiger partial charge in [0.25, 0.3) is 5.56 Å². The lowest BCUT2D eigenvalue weighted by atomic mass is 9.99. The maximum Gasteiger partial charge on any atom is 0.490 e. The van der Waals surface area contributed by atoms with Gasteiger partial charge in [0.05, 0.1) is 12.3 Å². The summed E-state index contributed by atoms with van der Waals surface area (Å²) in [4.78, 5) is 50.4. The van der Waals surface area contributed by atoms with Gasteiger partial charge in [-0.05, 0) is 25.8 Å². The summed E-state index contributed by atoms with van der Waals surface area (Å²) in [6.45, 7) is 2.19. The number of ether oxygens (including phenoxy) is 2. The van der Waals surface area contributed by atoms with Crippen LogP contribution in [0.5, 0.6) is 0 Å². The summed E-state index contributed by atoms with van der Waals surface area (Å²) in [5.41, 5.74) is 0.471. The predicted molar refractivity (Wildman–Crippen MR) is 109 cm³/mol. The molecule has 6 N–H and O–H groups in total. The van der Waals surface area contributed by atoms with E-state index in [4.69, 9.17) is 19.3 Å². The third-order valence-corrected chi connectivity index (χ3v) is 8.04. The van der Waals surface area contributed by atoms with Gasteiger partial charge in [-0.1, -0.05) is 5.92 Å².